The normalized spacial score (nSPS) is 13.3. The highest BCUT2D eigenvalue weighted by molar-refractivity contribution is 7.79. The Kier molecular flexibility index (Phi) is 16.3. The van der Waals surface area contributed by atoms with Crippen LogP contribution in [0.2, 0.25) is 0 Å². The molecule has 0 aliphatic rings. The molecular formula is C50H28BF24NOS. The largest absolute Gasteiger partial charge is 0.416 e. The molecule has 0 radical (unpaired) electrons. The van der Waals surface area contributed by atoms with Crippen LogP contribution in [0.25, 0.3) is 10.8 Å². The number of thiol groups is 1. The first-order valence-corrected chi connectivity index (χ1v) is 22.1. The lowest BCUT2D eigenvalue weighted by atomic mass is 9.12. The number of pyridine rings is 1. The maximum atomic E-state index is 14.2. The molecule has 1 aromatic heterocycles. The Balaban J connectivity index is 0.000000387. The van der Waals surface area contributed by atoms with E-state index in [2.05, 4.69) is 24.8 Å². The predicted octanol–water partition coefficient (Wildman–Crippen LogP) is 14.7. The zero-order valence-corrected chi connectivity index (χ0v) is 39.0. The van der Waals surface area contributed by atoms with Crippen molar-refractivity contribution >= 4 is 57.2 Å². The minimum Gasteiger partial charge on any atom is -0.287 e. The van der Waals surface area contributed by atoms with Crippen molar-refractivity contribution in [1.29, 1.82) is 0 Å². The second-order valence-electron chi connectivity index (χ2n) is 17.1. The summed E-state index contributed by atoms with van der Waals surface area (Å²) in [4.78, 5) is 12.4. The van der Waals surface area contributed by atoms with Gasteiger partial charge >= 0.3 is 49.4 Å². The SMILES string of the molecule is FC(F)(F)c1cc([B-](c2cc(C(F)(F)F)cc(C(F)(F)F)c2)(c2cc(C(F)(F)F)cc(C(F)(F)F)c2)c2cc(C(F)(F)F)cc(C(F)(F)F)c2)cc(C(F)(F)F)c1.O=C(C[n+]1ccc2ccccc2c1CS)c1ccccc1. The molecule has 0 saturated carbocycles. The van der Waals surface area contributed by atoms with Gasteiger partial charge in [0.1, 0.15) is 6.15 Å². The lowest BCUT2D eigenvalue weighted by Gasteiger charge is -2.46. The fraction of sp³-hybridized carbons (Fsp3) is 0.200. The van der Waals surface area contributed by atoms with Gasteiger partial charge < -0.3 is 0 Å². The fourth-order valence-corrected chi connectivity index (χ4v) is 8.94. The summed E-state index contributed by atoms with van der Waals surface area (Å²) in [5.74, 6) is 0.711. The number of aromatic nitrogens is 1. The molecule has 6 aromatic carbocycles. The standard InChI is InChI=1S/C32H12BF24.C18H15NOS/c34-25(35,36)13-1-14(26(37,38)39)6-21(5-13)33(22-7-15(27(40,41)42)2-16(8-22)28(43,44)45,23-9-17(29(46,47)48)3-18(10-23)30(49,50)51)24-11-19(31(52,53)54)4-20(12-24)32(55,56)57;20-18(15-7-2-1-3-8-15)12-19-11-10-14-6-4-5-9-16(14)17(19)13-21/h1-12H;1-11H,12-13H2/q-1;/p+1. The second-order valence-corrected chi connectivity index (χ2v) is 17.5. The van der Waals surface area contributed by atoms with E-state index < -0.39 is 195 Å². The van der Waals surface area contributed by atoms with Crippen molar-refractivity contribution in [2.45, 2.75) is 61.7 Å². The van der Waals surface area contributed by atoms with Crippen LogP contribution in [0, 0.1) is 0 Å². The van der Waals surface area contributed by atoms with Crippen LogP contribution < -0.4 is 26.4 Å². The Morgan fingerprint density at radius 3 is 0.910 bits per heavy atom. The molecule has 7 aromatic rings. The van der Waals surface area contributed by atoms with Crippen molar-refractivity contribution in [3.05, 3.63) is 195 Å². The Labute approximate surface area is 428 Å². The number of carbonyl (C=O) groups is 1. The highest BCUT2D eigenvalue weighted by Gasteiger charge is 2.47. The first kappa shape index (κ1) is 60.4. The van der Waals surface area contributed by atoms with Gasteiger partial charge in [-0.25, -0.2) is 0 Å². The van der Waals surface area contributed by atoms with Crippen LogP contribution in [-0.4, -0.2) is 11.9 Å². The third kappa shape index (κ3) is 13.3. The molecule has 0 aliphatic carbocycles. The molecule has 0 amide bonds. The van der Waals surface area contributed by atoms with Crippen LogP contribution in [0.5, 0.6) is 0 Å². The minimum atomic E-state index is -6.13. The molecule has 0 saturated heterocycles. The van der Waals surface area contributed by atoms with E-state index in [0.717, 1.165) is 16.6 Å². The Morgan fingerprint density at radius 1 is 0.372 bits per heavy atom. The molecule has 0 unspecified atom stereocenters. The molecule has 0 N–H and O–H groups in total. The second kappa shape index (κ2) is 21.1. The van der Waals surface area contributed by atoms with Gasteiger partial charge in [-0.05, 0) is 35.7 Å². The van der Waals surface area contributed by atoms with Gasteiger partial charge in [0.15, 0.2) is 11.9 Å². The summed E-state index contributed by atoms with van der Waals surface area (Å²) in [6.07, 6.45) is -52.8. The molecule has 0 fully saturated rings. The van der Waals surface area contributed by atoms with Crippen molar-refractivity contribution in [3.63, 3.8) is 0 Å². The highest BCUT2D eigenvalue weighted by Crippen LogP contribution is 2.41. The van der Waals surface area contributed by atoms with Gasteiger partial charge in [0.25, 0.3) is 0 Å². The van der Waals surface area contributed by atoms with Crippen molar-refractivity contribution in [1.82, 2.24) is 0 Å². The number of halogens is 24. The van der Waals surface area contributed by atoms with Crippen LogP contribution >= 0.6 is 12.6 Å². The quantitative estimate of drug-likeness (QED) is 0.0529. The monoisotopic (exact) mass is 1160 g/mol. The first-order chi connectivity index (χ1) is 35.6. The lowest BCUT2D eigenvalue weighted by molar-refractivity contribution is -0.688. The molecule has 78 heavy (non-hydrogen) atoms. The number of fused-ring (bicyclic) bond motifs is 1. The van der Waals surface area contributed by atoms with Gasteiger partial charge in [-0.15, -0.1) is 0 Å². The van der Waals surface area contributed by atoms with Gasteiger partial charge in [-0.3, -0.25) is 4.79 Å². The van der Waals surface area contributed by atoms with E-state index in [-0.39, 0.29) is 5.78 Å². The Morgan fingerprint density at radius 2 is 0.641 bits per heavy atom. The van der Waals surface area contributed by atoms with Crippen LogP contribution in [0.3, 0.4) is 0 Å². The predicted molar refractivity (Wildman–Crippen MR) is 238 cm³/mol. The summed E-state index contributed by atoms with van der Waals surface area (Å²) in [7, 11) is 0. The molecule has 0 aliphatic heterocycles. The maximum absolute atomic E-state index is 14.2. The highest BCUT2D eigenvalue weighted by atomic mass is 32.1. The van der Waals surface area contributed by atoms with Crippen LogP contribution in [0.15, 0.2) is 140 Å². The molecule has 1 heterocycles. The summed E-state index contributed by atoms with van der Waals surface area (Å²) < 4.78 is 343. The lowest BCUT2D eigenvalue weighted by Crippen LogP contribution is -2.75. The molecule has 0 bridgehead atoms. The molecule has 2 nitrogen and oxygen atoms in total. The number of Topliss-reactive ketones (excluding diaryl/α,β-unsaturated/α-hetero) is 1. The average molecular weight is 1160 g/mol. The topological polar surface area (TPSA) is 20.9 Å². The fourth-order valence-electron chi connectivity index (χ4n) is 8.58. The van der Waals surface area contributed by atoms with Gasteiger partial charge in [0.05, 0.1) is 50.3 Å². The molecule has 7 rings (SSSR count). The number of nitrogens with zero attached hydrogens (tertiary/aromatic N) is 1. The van der Waals surface area contributed by atoms with E-state index in [1.54, 1.807) is 0 Å². The van der Waals surface area contributed by atoms with Crippen molar-refractivity contribution < 1.29 is 115 Å². The van der Waals surface area contributed by atoms with Gasteiger partial charge in [0, 0.05) is 17.0 Å². The van der Waals surface area contributed by atoms with Gasteiger partial charge in [0.2, 0.25) is 12.3 Å². The molecular weight excluding hydrogens is 1130 g/mol. The van der Waals surface area contributed by atoms with E-state index in [1.165, 1.54) is 5.39 Å². The third-order valence-electron chi connectivity index (χ3n) is 12.1. The average Bonchev–Trinajstić information content (AvgIpc) is 3.32. The van der Waals surface area contributed by atoms with E-state index >= 15 is 0 Å². The number of ketones is 1. The molecule has 0 spiro atoms. The summed E-state index contributed by atoms with van der Waals surface area (Å²) in [5.41, 5.74) is -28.4. The smallest absolute Gasteiger partial charge is 0.287 e. The summed E-state index contributed by atoms with van der Waals surface area (Å²) >= 11 is 4.43. The van der Waals surface area contributed by atoms with E-state index in [1.807, 2.05) is 59.3 Å². The number of hydrogen-bond donors (Lipinski definition) is 1. The third-order valence-corrected chi connectivity index (χ3v) is 12.4. The van der Waals surface area contributed by atoms with Crippen LogP contribution in [0.4, 0.5) is 105 Å². The first-order valence-electron chi connectivity index (χ1n) is 21.5. The molecule has 0 atom stereocenters. The maximum Gasteiger partial charge on any atom is 0.416 e. The molecule has 416 valence electrons. The van der Waals surface area contributed by atoms with Crippen LogP contribution in [0.1, 0.15) is 60.6 Å². The summed E-state index contributed by atoms with van der Waals surface area (Å²) in [6, 6.07) is 10.8. The Bertz CT molecular complexity index is 2890. The zero-order chi connectivity index (χ0) is 58.6. The van der Waals surface area contributed by atoms with Crippen molar-refractivity contribution in [2.75, 3.05) is 0 Å². The van der Waals surface area contributed by atoms with Crippen molar-refractivity contribution in [2.24, 2.45) is 0 Å². The van der Waals surface area contributed by atoms with E-state index in [4.69, 9.17) is 0 Å². The zero-order valence-electron chi connectivity index (χ0n) is 38.1. The number of alkyl halides is 24. The van der Waals surface area contributed by atoms with E-state index in [0.29, 0.717) is 12.3 Å². The summed E-state index contributed by atoms with van der Waals surface area (Å²) in [5, 5.41) is 2.32. The summed E-state index contributed by atoms with van der Waals surface area (Å²) in [6.45, 7) is 0.338. The Hall–Kier alpha value is -6.87. The van der Waals surface area contributed by atoms with E-state index in [9.17, 15) is 110 Å². The molecule has 28 heteroatoms. The number of carbonyl (C=O) groups excluding carboxylic acids is 1. The van der Waals surface area contributed by atoms with Gasteiger partial charge in [-0.2, -0.15) is 144 Å². The van der Waals surface area contributed by atoms with Crippen LogP contribution in [-0.2, 0) is 61.7 Å². The number of hydrogen-bond acceptors (Lipinski definition) is 2. The van der Waals surface area contributed by atoms with Crippen molar-refractivity contribution in [3.8, 4) is 0 Å². The number of benzene rings is 6. The van der Waals surface area contributed by atoms with Gasteiger partial charge in [-0.1, -0.05) is 97.1 Å². The minimum absolute atomic E-state index is 0.110. The number of rotatable bonds is 8.